The van der Waals surface area contributed by atoms with E-state index >= 15 is 19.2 Å². The second-order valence-corrected chi connectivity index (χ2v) is 29.6. The summed E-state index contributed by atoms with van der Waals surface area (Å²) in [4.78, 5) is 183. The van der Waals surface area contributed by atoms with Gasteiger partial charge >= 0.3 is 0 Å². The van der Waals surface area contributed by atoms with E-state index in [0.29, 0.717) is 25.4 Å². The van der Waals surface area contributed by atoms with E-state index in [4.69, 9.17) is 0 Å². The Balaban J connectivity index is 4.26. The van der Waals surface area contributed by atoms with Crippen molar-refractivity contribution >= 4 is 70.9 Å². The number of aliphatic hydroxyl groups excluding tert-OH is 1. The molecule has 0 aromatic carbocycles. The predicted octanol–water partition coefficient (Wildman–Crippen LogP) is 3.62. The van der Waals surface area contributed by atoms with Crippen molar-refractivity contribution in [3.05, 3.63) is 0 Å². The summed E-state index contributed by atoms with van der Waals surface area (Å²) in [5, 5.41) is 29.7. The summed E-state index contributed by atoms with van der Waals surface area (Å²) in [6.07, 6.45) is 1.67. The summed E-state index contributed by atoms with van der Waals surface area (Å²) in [5.74, 6) is -9.83. The van der Waals surface area contributed by atoms with E-state index in [2.05, 4.69) is 45.7 Å². The third-order valence-electron chi connectivity index (χ3n) is 18.5. The lowest BCUT2D eigenvalue weighted by atomic mass is 9.90. The van der Waals surface area contributed by atoms with Crippen molar-refractivity contribution in [2.24, 2.45) is 47.3 Å². The number of rotatable bonds is 24. The molecular weight excluding hydrogens is 1230 g/mol. The van der Waals surface area contributed by atoms with Crippen LogP contribution in [-0.4, -0.2) is 252 Å². The Hall–Kier alpha value is -6.44. The fraction of sp³-hybridized carbons (Fsp3) is 0.829. The standard InChI is InChI=1S/C70H129N13O13/c1-26-46(15)31-32-71-33-34-72-55(84)30-28-29-47(16)60(86)59-64(90)75-50(27-2)66(92)77(19)39-56(85)78(20)51(35-40(3)4)63(89)76-57(44(11)12)69(95)79(21)52(36-41(5)6)62(88)73-48(17)61(87)74-49(18)65(91)80(22)53(37-42(7)8)67(93)81(23)54(38-43(9)10)68(94)82(24)58(45(13)14)70(96)83(59)25/h40-54,57-60,71,86H,26-39H2,1-25H3,(H,72,84)(H,73,88)(H,74,87)(H,75,90)(H,76,89)/t46-,47-,48+,49-,50+,51+,52+,53+,54+,57+,58+,59+,60-/m1/s1. The van der Waals surface area contributed by atoms with Crippen molar-refractivity contribution in [2.45, 2.75) is 255 Å². The Bertz CT molecular complexity index is 2570. The first kappa shape index (κ1) is 87.6. The number of aliphatic hydroxyl groups is 1. The maximum absolute atomic E-state index is 15.4. The molecular formula is C70H129N13O13. The molecule has 0 saturated carbocycles. The lowest BCUT2D eigenvalue weighted by Crippen LogP contribution is -2.63. The van der Waals surface area contributed by atoms with Crippen LogP contribution in [0.4, 0.5) is 0 Å². The molecule has 0 spiro atoms. The highest BCUT2D eigenvalue weighted by atomic mass is 16.3. The maximum atomic E-state index is 15.4. The molecule has 0 aromatic heterocycles. The van der Waals surface area contributed by atoms with E-state index in [0.717, 1.165) is 29.2 Å². The Labute approximate surface area is 575 Å². The van der Waals surface area contributed by atoms with Crippen LogP contribution < -0.4 is 31.9 Å². The summed E-state index contributed by atoms with van der Waals surface area (Å²) >= 11 is 0. The van der Waals surface area contributed by atoms with Gasteiger partial charge in [-0.1, -0.05) is 117 Å². The zero-order chi connectivity index (χ0) is 74.1. The second-order valence-electron chi connectivity index (χ2n) is 29.6. The van der Waals surface area contributed by atoms with E-state index in [-0.39, 0.29) is 74.5 Å². The van der Waals surface area contributed by atoms with E-state index in [1.807, 2.05) is 55.4 Å². The first-order valence-corrected chi connectivity index (χ1v) is 35.2. The smallest absolute Gasteiger partial charge is 0.246 e. The Morgan fingerprint density at radius 1 is 0.479 bits per heavy atom. The van der Waals surface area contributed by atoms with Crippen LogP contribution in [0.1, 0.15) is 189 Å². The van der Waals surface area contributed by atoms with Gasteiger partial charge < -0.3 is 71.3 Å². The molecule has 0 radical (unpaired) electrons. The quantitative estimate of drug-likeness (QED) is 0.0680. The maximum Gasteiger partial charge on any atom is 0.246 e. The average molecular weight is 1360 g/mol. The predicted molar refractivity (Wildman–Crippen MR) is 373 cm³/mol. The Morgan fingerprint density at radius 3 is 1.43 bits per heavy atom. The van der Waals surface area contributed by atoms with Crippen molar-refractivity contribution in [1.29, 1.82) is 0 Å². The molecule has 552 valence electrons. The van der Waals surface area contributed by atoms with Gasteiger partial charge in [0.2, 0.25) is 70.9 Å². The molecule has 12 amide bonds. The van der Waals surface area contributed by atoms with Crippen LogP contribution in [0.25, 0.3) is 0 Å². The molecule has 96 heavy (non-hydrogen) atoms. The van der Waals surface area contributed by atoms with Crippen LogP contribution in [0.5, 0.6) is 0 Å². The zero-order valence-corrected chi connectivity index (χ0v) is 63.3. The molecule has 7 N–H and O–H groups in total. The fourth-order valence-electron chi connectivity index (χ4n) is 12.0. The molecule has 26 heteroatoms. The van der Waals surface area contributed by atoms with Crippen molar-refractivity contribution in [3.63, 3.8) is 0 Å². The highest BCUT2D eigenvalue weighted by molar-refractivity contribution is 5.99. The Morgan fingerprint density at radius 2 is 0.938 bits per heavy atom. The molecule has 0 unspecified atom stereocenters. The summed E-state index contributed by atoms with van der Waals surface area (Å²) in [7, 11) is 9.85. The number of hydrogen-bond acceptors (Lipinski definition) is 14. The van der Waals surface area contributed by atoms with E-state index < -0.39 is 156 Å². The first-order valence-electron chi connectivity index (χ1n) is 35.2. The largest absolute Gasteiger partial charge is 0.390 e. The van der Waals surface area contributed by atoms with Gasteiger partial charge in [0, 0.05) is 68.8 Å². The minimum Gasteiger partial charge on any atom is -0.390 e. The van der Waals surface area contributed by atoms with Gasteiger partial charge in [-0.2, -0.15) is 0 Å². The van der Waals surface area contributed by atoms with Crippen LogP contribution in [0.2, 0.25) is 0 Å². The van der Waals surface area contributed by atoms with Crippen LogP contribution >= 0.6 is 0 Å². The number of amides is 12. The monoisotopic (exact) mass is 1360 g/mol. The second kappa shape index (κ2) is 41.7. The van der Waals surface area contributed by atoms with Gasteiger partial charge in [-0.3, -0.25) is 57.5 Å². The topological polar surface area (TPSA) is 320 Å². The van der Waals surface area contributed by atoms with Crippen LogP contribution in [-0.2, 0) is 57.5 Å². The molecule has 13 atom stereocenters. The highest BCUT2D eigenvalue weighted by Crippen LogP contribution is 2.26. The number of likely N-dealkylation sites (N-methyl/N-ethyl adjacent to an activating group) is 7. The number of nitrogens with one attached hydrogen (secondary N) is 6. The highest BCUT2D eigenvalue weighted by Gasteiger charge is 2.46. The summed E-state index contributed by atoms with van der Waals surface area (Å²) in [6.45, 7) is 33.5. The van der Waals surface area contributed by atoms with E-state index in [1.54, 1.807) is 41.5 Å². The van der Waals surface area contributed by atoms with Crippen LogP contribution in [0.3, 0.4) is 0 Å². The number of hydrogen-bond donors (Lipinski definition) is 7. The van der Waals surface area contributed by atoms with Crippen molar-refractivity contribution in [3.8, 4) is 0 Å². The van der Waals surface area contributed by atoms with Gasteiger partial charge in [-0.05, 0) is 119 Å². The zero-order valence-electron chi connectivity index (χ0n) is 63.3. The van der Waals surface area contributed by atoms with Gasteiger partial charge in [0.05, 0.1) is 12.6 Å². The molecule has 1 rings (SSSR count). The normalized spacial score (nSPS) is 25.4. The van der Waals surface area contributed by atoms with Gasteiger partial charge in [0.1, 0.15) is 60.4 Å². The lowest BCUT2D eigenvalue weighted by molar-refractivity contribution is -0.157. The van der Waals surface area contributed by atoms with Crippen molar-refractivity contribution < 1.29 is 62.6 Å². The number of nitrogens with zero attached hydrogens (tertiary/aromatic N) is 7. The van der Waals surface area contributed by atoms with Crippen molar-refractivity contribution in [1.82, 2.24) is 66.2 Å². The molecule has 1 heterocycles. The minimum absolute atomic E-state index is 0.0149. The third kappa shape index (κ3) is 26.8. The Kier molecular flexibility index (Phi) is 38.1. The molecule has 1 saturated heterocycles. The summed E-state index contributed by atoms with van der Waals surface area (Å²) in [6, 6.07) is -12.7. The van der Waals surface area contributed by atoms with E-state index in [9.17, 15) is 43.5 Å². The molecule has 0 aliphatic carbocycles. The van der Waals surface area contributed by atoms with Crippen LogP contribution in [0.15, 0.2) is 0 Å². The lowest BCUT2D eigenvalue weighted by Gasteiger charge is -2.41. The minimum atomic E-state index is -1.70. The molecule has 26 nitrogen and oxygen atoms in total. The number of carbonyl (C=O) groups is 12. The average Bonchev–Trinajstić information content (AvgIpc) is 0.815. The first-order chi connectivity index (χ1) is 44.5. The van der Waals surface area contributed by atoms with Gasteiger partial charge in [-0.25, -0.2) is 0 Å². The summed E-state index contributed by atoms with van der Waals surface area (Å²) < 4.78 is 0. The third-order valence-corrected chi connectivity index (χ3v) is 18.5. The number of carbonyl (C=O) groups excluding carboxylic acids is 12. The van der Waals surface area contributed by atoms with Crippen molar-refractivity contribution in [2.75, 3.05) is 75.5 Å². The van der Waals surface area contributed by atoms with E-state index in [1.165, 1.54) is 87.7 Å². The molecule has 0 bridgehead atoms. The van der Waals surface area contributed by atoms with Crippen LogP contribution in [0, 0.1) is 47.3 Å². The van der Waals surface area contributed by atoms with Gasteiger partial charge in [-0.15, -0.1) is 0 Å². The molecule has 1 fully saturated rings. The fourth-order valence-corrected chi connectivity index (χ4v) is 12.0. The van der Waals surface area contributed by atoms with Gasteiger partial charge in [0.15, 0.2) is 0 Å². The van der Waals surface area contributed by atoms with Gasteiger partial charge in [0.25, 0.3) is 0 Å². The molecule has 0 aromatic rings. The SMILES string of the molecule is CC[C@@H](C)CCNCCNC(=O)CCC[C@@H](C)[C@@H](O)[C@H]1C(=O)N[C@@H](CC)C(=O)N(C)CC(=O)N(C)[C@@H](CC(C)C)C(=O)N[C@@H](C(C)C)C(=O)N(C)[C@@H](CC(C)C)C(=O)N[C@@H](C)C(=O)N[C@H](C)C(=O)N(C)[C@@H](CC(C)C)C(=O)N(C)[C@@H](CC(C)C)C(=O)N(C)[C@@H](C(C)C)C(=O)N1C. The molecule has 1 aliphatic heterocycles. The summed E-state index contributed by atoms with van der Waals surface area (Å²) in [5.41, 5.74) is 0. The molecule has 1 aliphatic rings.